The first-order valence-corrected chi connectivity index (χ1v) is 7.23. The number of nitrogens with two attached hydrogens (primary N) is 1. The molecule has 2 rings (SSSR count). The van der Waals surface area contributed by atoms with Crippen molar-refractivity contribution in [3.05, 3.63) is 59.3 Å². The van der Waals surface area contributed by atoms with Gasteiger partial charge in [-0.05, 0) is 30.7 Å². The highest BCUT2D eigenvalue weighted by Gasteiger charge is 2.17. The van der Waals surface area contributed by atoms with Gasteiger partial charge in [-0.25, -0.2) is 4.98 Å². The van der Waals surface area contributed by atoms with Crippen LogP contribution in [0.1, 0.15) is 34.6 Å². The number of hydrogen-bond donors (Lipinski definition) is 2. The van der Waals surface area contributed by atoms with Crippen LogP contribution in [0.5, 0.6) is 0 Å². The van der Waals surface area contributed by atoms with Gasteiger partial charge in [0.15, 0.2) is 0 Å². The van der Waals surface area contributed by atoms with E-state index in [1.807, 2.05) is 18.2 Å². The van der Waals surface area contributed by atoms with Gasteiger partial charge < -0.3 is 15.7 Å². The van der Waals surface area contributed by atoms with Crippen LogP contribution in [-0.2, 0) is 6.42 Å². The Morgan fingerprint density at radius 3 is 2.68 bits per heavy atom. The van der Waals surface area contributed by atoms with E-state index in [0.29, 0.717) is 29.9 Å². The fraction of sp³-hybridized carbons (Fsp3) is 0.294. The number of amides is 1. The summed E-state index contributed by atoms with van der Waals surface area (Å²) in [5, 5.41) is 9.78. The van der Waals surface area contributed by atoms with Gasteiger partial charge in [0.25, 0.3) is 5.91 Å². The van der Waals surface area contributed by atoms with E-state index >= 15 is 0 Å². The van der Waals surface area contributed by atoms with Crippen LogP contribution in [0.15, 0.2) is 42.5 Å². The number of hydrogen-bond acceptors (Lipinski definition) is 4. The lowest BCUT2D eigenvalue weighted by molar-refractivity contribution is 0.0790. The first-order valence-electron chi connectivity index (χ1n) is 7.23. The molecule has 0 saturated heterocycles. The third-order valence-corrected chi connectivity index (χ3v) is 3.52. The number of carbonyl (C=O) groups is 1. The number of pyridine rings is 1. The van der Waals surface area contributed by atoms with Gasteiger partial charge in [0, 0.05) is 31.3 Å². The number of aromatic nitrogens is 1. The predicted molar refractivity (Wildman–Crippen MR) is 86.4 cm³/mol. The zero-order valence-electron chi connectivity index (χ0n) is 12.9. The topological polar surface area (TPSA) is 79.5 Å². The molecule has 22 heavy (non-hydrogen) atoms. The van der Waals surface area contributed by atoms with Gasteiger partial charge in [-0.15, -0.1) is 0 Å². The van der Waals surface area contributed by atoms with Crippen molar-refractivity contribution in [3.63, 3.8) is 0 Å². The van der Waals surface area contributed by atoms with Crippen LogP contribution in [-0.4, -0.2) is 34.5 Å². The van der Waals surface area contributed by atoms with Crippen molar-refractivity contribution in [2.75, 3.05) is 19.3 Å². The van der Waals surface area contributed by atoms with Crippen molar-refractivity contribution in [3.8, 4) is 0 Å². The van der Waals surface area contributed by atoms with Gasteiger partial charge in [-0.1, -0.05) is 24.3 Å². The van der Waals surface area contributed by atoms with E-state index in [2.05, 4.69) is 4.98 Å². The number of likely N-dealkylation sites (N-methyl/N-ethyl adjacent to an activating group) is 1. The van der Waals surface area contributed by atoms with Crippen LogP contribution in [0.3, 0.4) is 0 Å². The Hall–Kier alpha value is -2.40. The van der Waals surface area contributed by atoms with Crippen LogP contribution in [0, 0.1) is 0 Å². The molecule has 3 N–H and O–H groups in total. The molecule has 1 atom stereocenters. The highest BCUT2D eigenvalue weighted by Crippen LogP contribution is 2.18. The molecular weight excluding hydrogens is 278 g/mol. The molecule has 2 aromatic rings. The molecule has 1 heterocycles. The minimum absolute atomic E-state index is 0.111. The summed E-state index contributed by atoms with van der Waals surface area (Å²) in [7, 11) is 1.74. The average Bonchev–Trinajstić information content (AvgIpc) is 2.52. The predicted octanol–water partition coefficient (Wildman–Crippen LogP) is 2.03. The second-order valence-electron chi connectivity index (χ2n) is 5.29. The third-order valence-electron chi connectivity index (χ3n) is 3.52. The van der Waals surface area contributed by atoms with Crippen molar-refractivity contribution >= 4 is 11.7 Å². The number of aliphatic hydroxyl groups excluding tert-OH is 1. The van der Waals surface area contributed by atoms with Crippen molar-refractivity contribution in [2.45, 2.75) is 19.4 Å². The van der Waals surface area contributed by atoms with Gasteiger partial charge in [-0.2, -0.15) is 0 Å². The molecule has 0 fully saturated rings. The Balaban J connectivity index is 2.06. The smallest absolute Gasteiger partial charge is 0.253 e. The Morgan fingerprint density at radius 2 is 2.00 bits per heavy atom. The van der Waals surface area contributed by atoms with Gasteiger partial charge in [-0.3, -0.25) is 4.79 Å². The maximum absolute atomic E-state index is 12.5. The van der Waals surface area contributed by atoms with E-state index in [1.54, 1.807) is 43.1 Å². The minimum atomic E-state index is -0.677. The molecule has 1 amide bonds. The molecule has 5 heteroatoms. The van der Waals surface area contributed by atoms with E-state index < -0.39 is 6.10 Å². The second-order valence-corrected chi connectivity index (χ2v) is 5.29. The van der Waals surface area contributed by atoms with Gasteiger partial charge in [0.05, 0.1) is 6.10 Å². The number of aliphatic hydroxyl groups is 1. The monoisotopic (exact) mass is 299 g/mol. The molecule has 1 aromatic carbocycles. The van der Waals surface area contributed by atoms with Crippen LogP contribution < -0.4 is 5.73 Å². The highest BCUT2D eigenvalue weighted by atomic mass is 16.3. The maximum Gasteiger partial charge on any atom is 0.253 e. The van der Waals surface area contributed by atoms with E-state index in [9.17, 15) is 9.90 Å². The summed E-state index contributed by atoms with van der Waals surface area (Å²) in [5.41, 5.74) is 7.67. The standard InChI is InChI=1S/C17H21N3O2/c1-12(21)14-7-3-4-8-15(14)17(22)20(2)11-10-13-6-5-9-16(18)19-13/h3-9,12,21H,10-11H2,1-2H3,(H2,18,19). The molecule has 5 nitrogen and oxygen atoms in total. The molecule has 0 aliphatic rings. The van der Waals surface area contributed by atoms with Crippen LogP contribution in [0.2, 0.25) is 0 Å². The lowest BCUT2D eigenvalue weighted by atomic mass is 10.0. The van der Waals surface area contributed by atoms with Crippen molar-refractivity contribution in [2.24, 2.45) is 0 Å². The minimum Gasteiger partial charge on any atom is -0.389 e. The zero-order valence-corrected chi connectivity index (χ0v) is 12.9. The first kappa shape index (κ1) is 16.0. The Kier molecular flexibility index (Phi) is 5.12. The largest absolute Gasteiger partial charge is 0.389 e. The summed E-state index contributed by atoms with van der Waals surface area (Å²) >= 11 is 0. The maximum atomic E-state index is 12.5. The lowest BCUT2D eigenvalue weighted by Gasteiger charge is -2.19. The third kappa shape index (κ3) is 3.83. The fourth-order valence-corrected chi connectivity index (χ4v) is 2.28. The number of carbonyl (C=O) groups excluding carboxylic acids is 1. The molecule has 0 bridgehead atoms. The molecule has 1 aromatic heterocycles. The fourth-order valence-electron chi connectivity index (χ4n) is 2.28. The van der Waals surface area contributed by atoms with Crippen molar-refractivity contribution in [1.29, 1.82) is 0 Å². The van der Waals surface area contributed by atoms with Crippen LogP contribution in [0.4, 0.5) is 5.82 Å². The van der Waals surface area contributed by atoms with Gasteiger partial charge in [0.2, 0.25) is 0 Å². The van der Waals surface area contributed by atoms with E-state index in [0.717, 1.165) is 5.69 Å². The lowest BCUT2D eigenvalue weighted by Crippen LogP contribution is -2.30. The number of nitrogen functional groups attached to an aromatic ring is 1. The quantitative estimate of drug-likeness (QED) is 0.885. The summed E-state index contributed by atoms with van der Waals surface area (Å²) in [6.45, 7) is 2.19. The second kappa shape index (κ2) is 7.04. The van der Waals surface area contributed by atoms with Crippen molar-refractivity contribution < 1.29 is 9.90 Å². The summed E-state index contributed by atoms with van der Waals surface area (Å²) < 4.78 is 0. The SMILES string of the molecule is CC(O)c1ccccc1C(=O)N(C)CCc1cccc(N)n1. The highest BCUT2D eigenvalue weighted by molar-refractivity contribution is 5.95. The van der Waals surface area contributed by atoms with E-state index in [1.165, 1.54) is 0 Å². The number of rotatable bonds is 5. The van der Waals surface area contributed by atoms with E-state index in [4.69, 9.17) is 5.73 Å². The van der Waals surface area contributed by atoms with E-state index in [-0.39, 0.29) is 5.91 Å². The Bertz CT molecular complexity index is 656. The van der Waals surface area contributed by atoms with Gasteiger partial charge in [0.1, 0.15) is 5.82 Å². The molecule has 0 saturated carbocycles. The molecule has 116 valence electrons. The Labute approximate surface area is 130 Å². The van der Waals surface area contributed by atoms with Crippen molar-refractivity contribution in [1.82, 2.24) is 9.88 Å². The van der Waals surface area contributed by atoms with Crippen LogP contribution >= 0.6 is 0 Å². The summed E-state index contributed by atoms with van der Waals surface area (Å²) in [4.78, 5) is 18.4. The zero-order chi connectivity index (χ0) is 16.1. The molecular formula is C17H21N3O2. The molecule has 0 spiro atoms. The number of anilines is 1. The average molecular weight is 299 g/mol. The summed E-state index contributed by atoms with van der Waals surface area (Å²) in [5.74, 6) is 0.367. The number of nitrogens with zero attached hydrogens (tertiary/aromatic N) is 2. The first-order chi connectivity index (χ1) is 10.5. The molecule has 1 unspecified atom stereocenters. The normalized spacial score (nSPS) is 12.0. The summed E-state index contributed by atoms with van der Waals surface area (Å²) in [6, 6.07) is 12.6. The molecule has 0 aliphatic heterocycles. The van der Waals surface area contributed by atoms with Crippen LogP contribution in [0.25, 0.3) is 0 Å². The molecule has 0 aliphatic carbocycles. The molecule has 0 radical (unpaired) electrons. The number of benzene rings is 1. The summed E-state index contributed by atoms with van der Waals surface area (Å²) in [6.07, 6.45) is -0.0476. The Morgan fingerprint density at radius 1 is 1.27 bits per heavy atom. The van der Waals surface area contributed by atoms with Gasteiger partial charge >= 0.3 is 0 Å².